The van der Waals surface area contributed by atoms with Crippen LogP contribution in [0.5, 0.6) is 0 Å². The molecule has 2 nitrogen and oxygen atoms in total. The van der Waals surface area contributed by atoms with E-state index in [0.717, 1.165) is 14.6 Å². The molecule has 0 aliphatic rings. The van der Waals surface area contributed by atoms with Crippen LogP contribution in [-0.2, 0) is 0 Å². The molecule has 0 atom stereocenters. The summed E-state index contributed by atoms with van der Waals surface area (Å²) in [6.45, 7) is 0. The number of rotatable bonds is 0. The Morgan fingerprint density at radius 2 is 1.85 bits per heavy atom. The fraction of sp³-hybridized carbons (Fsp3) is 0. The number of hydrogen-bond donors (Lipinski definition) is 0. The molecule has 0 N–H and O–H groups in total. The third-order valence-electron chi connectivity index (χ3n) is 1.63. The number of halogens is 3. The second kappa shape index (κ2) is 4.09. The summed E-state index contributed by atoms with van der Waals surface area (Å²) in [5.41, 5.74) is 1.02. The van der Waals surface area contributed by atoms with Gasteiger partial charge in [0.2, 0.25) is 0 Å². The molecule has 0 aromatic carbocycles. The van der Waals surface area contributed by atoms with Crippen molar-refractivity contribution in [1.82, 2.24) is 9.97 Å². The van der Waals surface area contributed by atoms with E-state index in [0.29, 0.717) is 0 Å². The summed E-state index contributed by atoms with van der Waals surface area (Å²) in [4.78, 5) is 8.56. The summed E-state index contributed by atoms with van der Waals surface area (Å²) in [5, 5.41) is 1.13. The van der Waals surface area contributed by atoms with Crippen LogP contribution in [0.4, 0.5) is 0 Å². The van der Waals surface area contributed by atoms with Crippen molar-refractivity contribution in [1.29, 1.82) is 0 Å². The fourth-order valence-corrected chi connectivity index (χ4v) is 3.15. The van der Waals surface area contributed by atoms with Gasteiger partial charge in [0.1, 0.15) is 3.70 Å². The van der Waals surface area contributed by atoms with Crippen molar-refractivity contribution in [2.75, 3.05) is 0 Å². The second-order valence-electron chi connectivity index (χ2n) is 2.42. The smallest absolute Gasteiger partial charge is 0.116 e. The molecular weight excluding hydrogens is 505 g/mol. The number of aromatic nitrogens is 2. The molecule has 0 bridgehead atoms. The first-order chi connectivity index (χ1) is 6.20. The molecular formula is C8H3I3N2. The van der Waals surface area contributed by atoms with Crippen LogP contribution in [0, 0.1) is 10.8 Å². The summed E-state index contributed by atoms with van der Waals surface area (Å²) >= 11 is 6.90. The SMILES string of the molecule is Ic1nc2ccncc2c(I)c1I. The first-order valence-corrected chi connectivity index (χ1v) is 6.68. The average Bonchev–Trinajstić information content (AvgIpc) is 2.15. The summed E-state index contributed by atoms with van der Waals surface area (Å²) in [6.07, 6.45) is 3.64. The Hall–Kier alpha value is 0.750. The van der Waals surface area contributed by atoms with Crippen LogP contribution < -0.4 is 0 Å². The molecule has 0 amide bonds. The third-order valence-corrected chi connectivity index (χ3v) is 6.64. The largest absolute Gasteiger partial charge is 0.264 e. The lowest BCUT2D eigenvalue weighted by Crippen LogP contribution is -1.93. The maximum Gasteiger partial charge on any atom is 0.116 e. The van der Waals surface area contributed by atoms with Gasteiger partial charge in [-0.05, 0) is 73.8 Å². The molecule has 2 aromatic heterocycles. The van der Waals surface area contributed by atoms with Crippen molar-refractivity contribution in [2.24, 2.45) is 0 Å². The lowest BCUT2D eigenvalue weighted by atomic mass is 10.3. The van der Waals surface area contributed by atoms with Gasteiger partial charge in [0.15, 0.2) is 0 Å². The van der Waals surface area contributed by atoms with E-state index in [1.165, 1.54) is 7.14 Å². The maximum atomic E-state index is 4.47. The van der Waals surface area contributed by atoms with Gasteiger partial charge in [-0.3, -0.25) is 4.98 Å². The van der Waals surface area contributed by atoms with Crippen molar-refractivity contribution < 1.29 is 0 Å². The fourth-order valence-electron chi connectivity index (χ4n) is 1.02. The monoisotopic (exact) mass is 508 g/mol. The van der Waals surface area contributed by atoms with E-state index in [4.69, 9.17) is 0 Å². The Morgan fingerprint density at radius 3 is 2.62 bits per heavy atom. The molecule has 2 aromatic rings. The Labute approximate surface area is 116 Å². The highest BCUT2D eigenvalue weighted by Gasteiger charge is 2.07. The van der Waals surface area contributed by atoms with Gasteiger partial charge in [-0.1, -0.05) is 0 Å². The number of pyridine rings is 2. The van der Waals surface area contributed by atoms with E-state index >= 15 is 0 Å². The van der Waals surface area contributed by atoms with Crippen LogP contribution in [0.25, 0.3) is 10.9 Å². The van der Waals surface area contributed by atoms with Crippen LogP contribution in [0.15, 0.2) is 18.5 Å². The van der Waals surface area contributed by atoms with Crippen LogP contribution in [0.1, 0.15) is 0 Å². The van der Waals surface area contributed by atoms with Crippen LogP contribution in [-0.4, -0.2) is 9.97 Å². The normalized spacial score (nSPS) is 10.7. The highest BCUT2D eigenvalue weighted by molar-refractivity contribution is 14.1. The molecule has 0 saturated heterocycles. The second-order valence-corrected chi connectivity index (χ2v) is 5.60. The quantitative estimate of drug-likeness (QED) is 0.403. The van der Waals surface area contributed by atoms with Crippen LogP contribution >= 0.6 is 67.8 Å². The van der Waals surface area contributed by atoms with E-state index in [2.05, 4.69) is 77.7 Å². The number of hydrogen-bond acceptors (Lipinski definition) is 2. The van der Waals surface area contributed by atoms with Gasteiger partial charge in [0.05, 0.1) is 9.09 Å². The predicted molar refractivity (Wildman–Crippen MR) is 77.7 cm³/mol. The van der Waals surface area contributed by atoms with Crippen molar-refractivity contribution in [3.8, 4) is 0 Å². The lowest BCUT2D eigenvalue weighted by Gasteiger charge is -2.03. The molecule has 5 heteroatoms. The first kappa shape index (κ1) is 10.3. The maximum absolute atomic E-state index is 4.47. The molecule has 0 aliphatic carbocycles. The molecule has 0 fully saturated rings. The zero-order valence-corrected chi connectivity index (χ0v) is 12.7. The number of fused-ring (bicyclic) bond motifs is 1. The zero-order chi connectivity index (χ0) is 9.42. The van der Waals surface area contributed by atoms with E-state index in [9.17, 15) is 0 Å². The molecule has 0 aliphatic heterocycles. The molecule has 2 heterocycles. The minimum Gasteiger partial charge on any atom is -0.264 e. The molecule has 0 radical (unpaired) electrons. The van der Waals surface area contributed by atoms with E-state index in [1.54, 1.807) is 6.20 Å². The Bertz CT molecular complexity index is 470. The topological polar surface area (TPSA) is 25.8 Å². The van der Waals surface area contributed by atoms with Gasteiger partial charge in [0, 0.05) is 21.4 Å². The highest BCUT2D eigenvalue weighted by atomic mass is 127. The van der Waals surface area contributed by atoms with E-state index in [-0.39, 0.29) is 0 Å². The molecule has 0 spiro atoms. The molecule has 2 rings (SSSR count). The summed E-state index contributed by atoms with van der Waals surface area (Å²) in [6, 6.07) is 1.94. The minimum absolute atomic E-state index is 1.02. The van der Waals surface area contributed by atoms with Crippen molar-refractivity contribution in [2.45, 2.75) is 0 Å². The Balaban J connectivity index is 2.94. The average molecular weight is 508 g/mol. The van der Waals surface area contributed by atoms with Crippen molar-refractivity contribution in [3.63, 3.8) is 0 Å². The number of nitrogens with zero attached hydrogens (tertiary/aromatic N) is 2. The highest BCUT2D eigenvalue weighted by Crippen LogP contribution is 2.26. The van der Waals surface area contributed by atoms with Crippen molar-refractivity contribution in [3.05, 3.63) is 29.3 Å². The summed E-state index contributed by atoms with van der Waals surface area (Å²) < 4.78 is 3.50. The van der Waals surface area contributed by atoms with E-state index in [1.807, 2.05) is 12.3 Å². The summed E-state index contributed by atoms with van der Waals surface area (Å²) in [5.74, 6) is 0. The van der Waals surface area contributed by atoms with Gasteiger partial charge in [-0.15, -0.1) is 0 Å². The van der Waals surface area contributed by atoms with Gasteiger partial charge >= 0.3 is 0 Å². The summed E-state index contributed by atoms with van der Waals surface area (Å²) in [7, 11) is 0. The van der Waals surface area contributed by atoms with Gasteiger partial charge in [-0.2, -0.15) is 0 Å². The van der Waals surface area contributed by atoms with E-state index < -0.39 is 0 Å². The standard InChI is InChI=1S/C8H3I3N2/c9-6-4-3-12-2-1-5(4)13-8(11)7(6)10/h1-3H. The molecule has 0 saturated carbocycles. The molecule has 13 heavy (non-hydrogen) atoms. The van der Waals surface area contributed by atoms with Crippen LogP contribution in [0.2, 0.25) is 0 Å². The zero-order valence-electron chi connectivity index (χ0n) is 6.26. The third kappa shape index (κ3) is 1.91. The van der Waals surface area contributed by atoms with Gasteiger partial charge in [-0.25, -0.2) is 4.98 Å². The first-order valence-electron chi connectivity index (χ1n) is 3.44. The Kier molecular flexibility index (Phi) is 3.23. The molecule has 0 unspecified atom stereocenters. The van der Waals surface area contributed by atoms with Gasteiger partial charge < -0.3 is 0 Å². The minimum atomic E-state index is 1.02. The van der Waals surface area contributed by atoms with Crippen LogP contribution in [0.3, 0.4) is 0 Å². The lowest BCUT2D eigenvalue weighted by molar-refractivity contribution is 1.27. The Morgan fingerprint density at radius 1 is 1.08 bits per heavy atom. The predicted octanol–water partition coefficient (Wildman–Crippen LogP) is 3.44. The van der Waals surface area contributed by atoms with Gasteiger partial charge in [0.25, 0.3) is 0 Å². The molecule has 66 valence electrons. The van der Waals surface area contributed by atoms with Crippen molar-refractivity contribution >= 4 is 78.7 Å².